The van der Waals surface area contributed by atoms with Crippen LogP contribution >= 0.6 is 11.3 Å². The van der Waals surface area contributed by atoms with Crippen LogP contribution in [0.5, 0.6) is 0 Å². The number of nitrogen functional groups attached to an aromatic ring is 1. The number of nitrogens with two attached hydrogens (primary N) is 1. The molecule has 0 bridgehead atoms. The average molecular weight is 363 g/mol. The van der Waals surface area contributed by atoms with Crippen molar-refractivity contribution < 1.29 is 20.1 Å². The van der Waals surface area contributed by atoms with Gasteiger partial charge in [-0.15, -0.1) is 11.3 Å². The zero-order valence-electron chi connectivity index (χ0n) is 13.3. The molecule has 0 radical (unpaired) electrons. The summed E-state index contributed by atoms with van der Waals surface area (Å²) in [6, 6.07) is 1.77. The van der Waals surface area contributed by atoms with Crippen molar-refractivity contribution in [1.82, 2.24) is 19.6 Å². The molecule has 4 heterocycles. The third-order valence-corrected chi connectivity index (χ3v) is 5.32. The van der Waals surface area contributed by atoms with E-state index in [1.54, 1.807) is 12.3 Å². The Morgan fingerprint density at radius 2 is 2.24 bits per heavy atom. The number of nitrogens with zero attached hydrogens (tertiary/aromatic N) is 4. The lowest BCUT2D eigenvalue weighted by Gasteiger charge is -2.26. The van der Waals surface area contributed by atoms with Gasteiger partial charge >= 0.3 is 0 Å². The van der Waals surface area contributed by atoms with Crippen LogP contribution in [0.15, 0.2) is 24.0 Å². The van der Waals surface area contributed by atoms with Crippen LogP contribution in [0.2, 0.25) is 0 Å². The van der Waals surface area contributed by atoms with Crippen molar-refractivity contribution in [3.63, 3.8) is 0 Å². The SMILES string of the molecule is C[C@@]1(O)[C@H](O)[C@@H](CO)O[C@H]1c1cc(-c2nccs2)c2c(N)ncnn12. The molecule has 1 saturated heterocycles. The van der Waals surface area contributed by atoms with Crippen molar-refractivity contribution in [2.24, 2.45) is 0 Å². The van der Waals surface area contributed by atoms with Crippen LogP contribution in [0.1, 0.15) is 18.7 Å². The molecule has 4 rings (SSSR count). The summed E-state index contributed by atoms with van der Waals surface area (Å²) in [5, 5.41) is 37.2. The van der Waals surface area contributed by atoms with Crippen molar-refractivity contribution in [2.75, 3.05) is 12.3 Å². The molecule has 1 fully saturated rings. The van der Waals surface area contributed by atoms with E-state index in [9.17, 15) is 15.3 Å². The Kier molecular flexibility index (Phi) is 3.74. The summed E-state index contributed by atoms with van der Waals surface area (Å²) in [5.74, 6) is 0.267. The lowest BCUT2D eigenvalue weighted by molar-refractivity contribution is -0.0664. The number of aliphatic hydroxyl groups is 3. The first kappa shape index (κ1) is 16.4. The number of fused-ring (bicyclic) bond motifs is 1. The summed E-state index contributed by atoms with van der Waals surface area (Å²) in [5.41, 5.74) is 6.18. The fourth-order valence-electron chi connectivity index (χ4n) is 3.23. The van der Waals surface area contributed by atoms with Gasteiger partial charge in [-0.3, -0.25) is 0 Å². The number of thiazole rings is 1. The number of aliphatic hydroxyl groups excluding tert-OH is 2. The van der Waals surface area contributed by atoms with Gasteiger partial charge in [-0.1, -0.05) is 0 Å². The molecule has 0 amide bonds. The summed E-state index contributed by atoms with van der Waals surface area (Å²) in [7, 11) is 0. The summed E-state index contributed by atoms with van der Waals surface area (Å²) in [4.78, 5) is 8.33. The lowest BCUT2D eigenvalue weighted by Crippen LogP contribution is -2.43. The Morgan fingerprint density at radius 1 is 1.44 bits per heavy atom. The Balaban J connectivity index is 1.93. The van der Waals surface area contributed by atoms with Gasteiger partial charge in [0.25, 0.3) is 0 Å². The molecule has 0 aliphatic carbocycles. The molecule has 1 aliphatic heterocycles. The molecule has 0 spiro atoms. The highest BCUT2D eigenvalue weighted by molar-refractivity contribution is 7.13. The van der Waals surface area contributed by atoms with Crippen molar-refractivity contribution in [1.29, 1.82) is 0 Å². The zero-order valence-corrected chi connectivity index (χ0v) is 14.1. The predicted octanol–water partition coefficient (Wildman–Crippen LogP) is -0.0209. The molecular weight excluding hydrogens is 346 g/mol. The molecule has 132 valence electrons. The van der Waals surface area contributed by atoms with E-state index in [0.29, 0.717) is 16.8 Å². The maximum absolute atomic E-state index is 10.8. The Bertz CT molecular complexity index is 910. The largest absolute Gasteiger partial charge is 0.394 e. The van der Waals surface area contributed by atoms with Crippen LogP contribution in [0.25, 0.3) is 16.1 Å². The smallest absolute Gasteiger partial charge is 0.152 e. The van der Waals surface area contributed by atoms with E-state index in [2.05, 4.69) is 15.1 Å². The Hall–Kier alpha value is -2.11. The van der Waals surface area contributed by atoms with Crippen molar-refractivity contribution >= 4 is 22.7 Å². The number of aromatic nitrogens is 4. The fraction of sp³-hybridized carbons (Fsp3) is 0.400. The predicted molar refractivity (Wildman–Crippen MR) is 89.8 cm³/mol. The first-order valence-corrected chi connectivity index (χ1v) is 8.51. The van der Waals surface area contributed by atoms with E-state index in [1.165, 1.54) is 29.1 Å². The molecule has 0 saturated carbocycles. The summed E-state index contributed by atoms with van der Waals surface area (Å²) >= 11 is 1.43. The van der Waals surface area contributed by atoms with Crippen molar-refractivity contribution in [3.05, 3.63) is 29.7 Å². The monoisotopic (exact) mass is 363 g/mol. The van der Waals surface area contributed by atoms with Crippen LogP contribution in [-0.4, -0.2) is 59.3 Å². The second kappa shape index (κ2) is 5.71. The highest BCUT2D eigenvalue weighted by Gasteiger charge is 2.53. The fourth-order valence-corrected chi connectivity index (χ4v) is 3.88. The second-order valence-electron chi connectivity index (χ2n) is 6.13. The average Bonchev–Trinajstić information content (AvgIpc) is 3.27. The maximum Gasteiger partial charge on any atom is 0.152 e. The lowest BCUT2D eigenvalue weighted by atomic mass is 9.91. The topological polar surface area (TPSA) is 139 Å². The van der Waals surface area contributed by atoms with Crippen LogP contribution in [0.3, 0.4) is 0 Å². The summed E-state index contributed by atoms with van der Waals surface area (Å²) < 4.78 is 7.25. The van der Waals surface area contributed by atoms with Gasteiger partial charge in [0, 0.05) is 17.1 Å². The minimum Gasteiger partial charge on any atom is -0.394 e. The van der Waals surface area contributed by atoms with E-state index in [0.717, 1.165) is 5.01 Å². The Labute approximate surface area is 146 Å². The number of hydrogen-bond donors (Lipinski definition) is 4. The number of anilines is 1. The molecule has 4 atom stereocenters. The molecule has 0 unspecified atom stereocenters. The number of rotatable bonds is 3. The minimum absolute atomic E-state index is 0.267. The highest BCUT2D eigenvalue weighted by Crippen LogP contribution is 2.44. The molecule has 3 aromatic heterocycles. The molecule has 0 aromatic carbocycles. The van der Waals surface area contributed by atoms with Gasteiger partial charge in [0.15, 0.2) is 5.82 Å². The molecule has 1 aliphatic rings. The van der Waals surface area contributed by atoms with Gasteiger partial charge in [-0.2, -0.15) is 5.10 Å². The van der Waals surface area contributed by atoms with Gasteiger partial charge in [0.2, 0.25) is 0 Å². The van der Waals surface area contributed by atoms with Gasteiger partial charge in [0.1, 0.15) is 40.8 Å². The molecule has 9 nitrogen and oxygen atoms in total. The van der Waals surface area contributed by atoms with Gasteiger partial charge in [-0.05, 0) is 13.0 Å². The molecular formula is C15H17N5O4S. The molecule has 25 heavy (non-hydrogen) atoms. The zero-order chi connectivity index (χ0) is 17.8. The standard InChI is InChI=1S/C15H17N5O4S/c1-15(23)11(22)9(5-21)24-12(15)8-4-7(14-17-2-3-25-14)10-13(16)18-6-19-20(8)10/h2-4,6,9,11-12,21-23H,5H2,1H3,(H2,16,18,19)/t9-,11-,12+,15-/m1/s1. The van der Waals surface area contributed by atoms with Crippen molar-refractivity contribution in [2.45, 2.75) is 30.8 Å². The van der Waals surface area contributed by atoms with E-state index in [4.69, 9.17) is 10.5 Å². The minimum atomic E-state index is -1.61. The van der Waals surface area contributed by atoms with E-state index < -0.39 is 30.5 Å². The van der Waals surface area contributed by atoms with Crippen LogP contribution in [-0.2, 0) is 4.74 Å². The maximum atomic E-state index is 10.8. The van der Waals surface area contributed by atoms with Crippen LogP contribution in [0.4, 0.5) is 5.82 Å². The quantitative estimate of drug-likeness (QED) is 0.509. The highest BCUT2D eigenvalue weighted by atomic mass is 32.1. The molecule has 3 aromatic rings. The van der Waals surface area contributed by atoms with Crippen molar-refractivity contribution in [3.8, 4) is 10.6 Å². The third-order valence-electron chi connectivity index (χ3n) is 4.51. The first-order chi connectivity index (χ1) is 11.9. The van der Waals surface area contributed by atoms with Gasteiger partial charge in [-0.25, -0.2) is 14.5 Å². The molecule has 10 heteroatoms. The van der Waals surface area contributed by atoms with E-state index in [1.807, 2.05) is 5.38 Å². The number of ether oxygens (including phenoxy) is 1. The Morgan fingerprint density at radius 3 is 2.88 bits per heavy atom. The van der Waals surface area contributed by atoms with Crippen LogP contribution in [0, 0.1) is 0 Å². The summed E-state index contributed by atoms with van der Waals surface area (Å²) in [6.07, 6.45) is -0.0587. The second-order valence-corrected chi connectivity index (χ2v) is 7.03. The van der Waals surface area contributed by atoms with E-state index in [-0.39, 0.29) is 5.82 Å². The first-order valence-electron chi connectivity index (χ1n) is 7.64. The van der Waals surface area contributed by atoms with Gasteiger partial charge in [0.05, 0.1) is 12.3 Å². The molecule has 5 N–H and O–H groups in total. The van der Waals surface area contributed by atoms with E-state index >= 15 is 0 Å². The third kappa shape index (κ3) is 2.34. The normalized spacial score (nSPS) is 29.5. The van der Waals surface area contributed by atoms with Gasteiger partial charge < -0.3 is 25.8 Å². The van der Waals surface area contributed by atoms with Crippen LogP contribution < -0.4 is 5.73 Å². The summed E-state index contributed by atoms with van der Waals surface area (Å²) in [6.45, 7) is 1.05. The number of hydrogen-bond acceptors (Lipinski definition) is 9.